The van der Waals surface area contributed by atoms with E-state index in [1.807, 2.05) is 0 Å². The van der Waals surface area contributed by atoms with Gasteiger partial charge < -0.3 is 5.11 Å². The van der Waals surface area contributed by atoms with Gasteiger partial charge >= 0.3 is 0 Å². The molecular weight excluding hydrogens is 182 g/mol. The van der Waals surface area contributed by atoms with Crippen molar-refractivity contribution in [1.82, 2.24) is 0 Å². The second kappa shape index (κ2) is 4.40. The Balaban J connectivity index is 2.96. The van der Waals surface area contributed by atoms with Gasteiger partial charge in [-0.15, -0.1) is 0 Å². The van der Waals surface area contributed by atoms with Gasteiger partial charge in [0.1, 0.15) is 6.10 Å². The molecule has 1 atom stereocenters. The highest BCUT2D eigenvalue weighted by Crippen LogP contribution is 2.11. The summed E-state index contributed by atoms with van der Waals surface area (Å²) >= 11 is 0. The van der Waals surface area contributed by atoms with Crippen molar-refractivity contribution < 1.29 is 10.0 Å². The lowest BCUT2D eigenvalue weighted by Gasteiger charge is -1.92. The fourth-order valence-corrected chi connectivity index (χ4v) is 0.885. The summed E-state index contributed by atoms with van der Waals surface area (Å²) in [6.45, 7) is 1.53. The molecule has 1 unspecified atom stereocenters. The molecule has 0 aliphatic carbocycles. The Morgan fingerprint density at radius 1 is 1.57 bits per heavy atom. The van der Waals surface area contributed by atoms with Crippen LogP contribution in [0.25, 0.3) is 0 Å². The summed E-state index contributed by atoms with van der Waals surface area (Å²) in [5.74, 6) is 5.15. The van der Waals surface area contributed by atoms with Gasteiger partial charge in [0.25, 0.3) is 5.69 Å². The average molecular weight is 191 g/mol. The van der Waals surface area contributed by atoms with E-state index in [2.05, 4.69) is 11.8 Å². The summed E-state index contributed by atoms with van der Waals surface area (Å²) < 4.78 is 0. The van der Waals surface area contributed by atoms with E-state index in [-0.39, 0.29) is 5.69 Å². The van der Waals surface area contributed by atoms with Crippen molar-refractivity contribution >= 4 is 5.69 Å². The maximum Gasteiger partial charge on any atom is 0.270 e. The minimum atomic E-state index is -0.728. The van der Waals surface area contributed by atoms with E-state index >= 15 is 0 Å². The SMILES string of the molecule is CC(O)C#Cc1cccc([N+](=O)[O-])c1. The number of aliphatic hydroxyl groups excluding tert-OH is 1. The van der Waals surface area contributed by atoms with Crippen molar-refractivity contribution in [3.05, 3.63) is 39.9 Å². The van der Waals surface area contributed by atoms with Gasteiger partial charge in [-0.1, -0.05) is 17.9 Å². The van der Waals surface area contributed by atoms with Gasteiger partial charge in [-0.05, 0) is 13.0 Å². The first-order valence-electron chi connectivity index (χ1n) is 4.03. The Morgan fingerprint density at radius 3 is 2.86 bits per heavy atom. The first-order chi connectivity index (χ1) is 6.59. The lowest BCUT2D eigenvalue weighted by Crippen LogP contribution is -1.93. The molecule has 0 radical (unpaired) electrons. The molecule has 4 nitrogen and oxygen atoms in total. The Morgan fingerprint density at radius 2 is 2.29 bits per heavy atom. The zero-order valence-corrected chi connectivity index (χ0v) is 7.60. The summed E-state index contributed by atoms with van der Waals surface area (Å²) in [5, 5.41) is 19.3. The summed E-state index contributed by atoms with van der Waals surface area (Å²) in [4.78, 5) is 9.92. The predicted molar refractivity (Wildman–Crippen MR) is 51.7 cm³/mol. The van der Waals surface area contributed by atoms with Crippen molar-refractivity contribution in [1.29, 1.82) is 0 Å². The molecule has 0 heterocycles. The van der Waals surface area contributed by atoms with E-state index < -0.39 is 11.0 Å². The Bertz CT molecular complexity index is 401. The van der Waals surface area contributed by atoms with Crippen LogP contribution in [0.4, 0.5) is 5.69 Å². The first-order valence-corrected chi connectivity index (χ1v) is 4.03. The van der Waals surface area contributed by atoms with Crippen LogP contribution in [0.2, 0.25) is 0 Å². The molecule has 14 heavy (non-hydrogen) atoms. The fraction of sp³-hybridized carbons (Fsp3) is 0.200. The zero-order chi connectivity index (χ0) is 10.6. The normalized spacial score (nSPS) is 11.3. The van der Waals surface area contributed by atoms with Crippen molar-refractivity contribution in [3.8, 4) is 11.8 Å². The molecule has 1 N–H and O–H groups in total. The van der Waals surface area contributed by atoms with Crippen LogP contribution >= 0.6 is 0 Å². The number of aliphatic hydroxyl groups is 1. The summed E-state index contributed by atoms with van der Waals surface area (Å²) in [7, 11) is 0. The molecule has 0 amide bonds. The second-order valence-corrected chi connectivity index (χ2v) is 2.75. The fourth-order valence-electron chi connectivity index (χ4n) is 0.885. The first kappa shape index (κ1) is 10.2. The average Bonchev–Trinajstić information content (AvgIpc) is 2.15. The molecule has 1 aromatic rings. The van der Waals surface area contributed by atoms with Gasteiger partial charge in [-0.25, -0.2) is 0 Å². The summed E-state index contributed by atoms with van der Waals surface area (Å²) in [5.41, 5.74) is 0.530. The second-order valence-electron chi connectivity index (χ2n) is 2.75. The van der Waals surface area contributed by atoms with Crippen LogP contribution in [0.1, 0.15) is 12.5 Å². The molecule has 4 heteroatoms. The van der Waals surface area contributed by atoms with Crippen molar-refractivity contribution in [3.63, 3.8) is 0 Å². The maximum absolute atomic E-state index is 10.4. The van der Waals surface area contributed by atoms with Crippen molar-refractivity contribution in [2.45, 2.75) is 13.0 Å². The molecule has 0 aromatic heterocycles. The molecule has 72 valence electrons. The molecule has 0 saturated carbocycles. The van der Waals surface area contributed by atoms with E-state index in [4.69, 9.17) is 5.11 Å². The van der Waals surface area contributed by atoms with E-state index in [0.717, 1.165) is 0 Å². The minimum absolute atomic E-state index is 0.00222. The molecule has 0 bridgehead atoms. The molecule has 0 aliphatic heterocycles. The third kappa shape index (κ3) is 2.88. The molecular formula is C10H9NO3. The molecule has 1 aromatic carbocycles. The van der Waals surface area contributed by atoms with E-state index in [0.29, 0.717) is 5.56 Å². The third-order valence-electron chi connectivity index (χ3n) is 1.48. The van der Waals surface area contributed by atoms with Crippen molar-refractivity contribution in [2.24, 2.45) is 0 Å². The van der Waals surface area contributed by atoms with Gasteiger partial charge in [-0.3, -0.25) is 10.1 Å². The topological polar surface area (TPSA) is 63.4 Å². The van der Waals surface area contributed by atoms with Gasteiger partial charge in [0, 0.05) is 17.7 Å². The van der Waals surface area contributed by atoms with Crippen LogP contribution in [-0.4, -0.2) is 16.1 Å². The largest absolute Gasteiger partial charge is 0.381 e. The van der Waals surface area contributed by atoms with Gasteiger partial charge in [-0.2, -0.15) is 0 Å². The lowest BCUT2D eigenvalue weighted by atomic mass is 10.2. The lowest BCUT2D eigenvalue weighted by molar-refractivity contribution is -0.384. The summed E-state index contributed by atoms with van der Waals surface area (Å²) in [6, 6.07) is 5.98. The number of benzene rings is 1. The Hall–Kier alpha value is -1.86. The third-order valence-corrected chi connectivity index (χ3v) is 1.48. The number of nitro benzene ring substituents is 1. The standard InChI is InChI=1S/C10H9NO3/c1-8(12)5-6-9-3-2-4-10(7-9)11(13)14/h2-4,7-8,12H,1H3. The number of non-ortho nitro benzene ring substituents is 1. The highest BCUT2D eigenvalue weighted by molar-refractivity contribution is 5.43. The van der Waals surface area contributed by atoms with Crippen molar-refractivity contribution in [2.75, 3.05) is 0 Å². The number of nitro groups is 1. The predicted octanol–water partition coefficient (Wildman–Crippen LogP) is 1.33. The van der Waals surface area contributed by atoms with Crippen LogP contribution in [0, 0.1) is 22.0 Å². The van der Waals surface area contributed by atoms with Gasteiger partial charge in [0.05, 0.1) is 4.92 Å². The zero-order valence-electron chi connectivity index (χ0n) is 7.60. The van der Waals surface area contributed by atoms with E-state index in [9.17, 15) is 10.1 Å². The van der Waals surface area contributed by atoms with Crippen LogP contribution in [-0.2, 0) is 0 Å². The maximum atomic E-state index is 10.4. The number of hydrogen-bond acceptors (Lipinski definition) is 3. The summed E-state index contributed by atoms with van der Waals surface area (Å²) in [6.07, 6.45) is -0.728. The number of rotatable bonds is 1. The Kier molecular flexibility index (Phi) is 3.21. The van der Waals surface area contributed by atoms with Gasteiger partial charge in [0.15, 0.2) is 0 Å². The van der Waals surface area contributed by atoms with E-state index in [1.165, 1.54) is 19.1 Å². The molecule has 0 saturated heterocycles. The molecule has 0 fully saturated rings. The quantitative estimate of drug-likeness (QED) is 0.413. The highest BCUT2D eigenvalue weighted by Gasteiger charge is 2.03. The van der Waals surface area contributed by atoms with Gasteiger partial charge in [0.2, 0.25) is 0 Å². The van der Waals surface area contributed by atoms with Crippen LogP contribution in [0.5, 0.6) is 0 Å². The minimum Gasteiger partial charge on any atom is -0.381 e. The highest BCUT2D eigenvalue weighted by atomic mass is 16.6. The van der Waals surface area contributed by atoms with Crippen LogP contribution in [0.3, 0.4) is 0 Å². The van der Waals surface area contributed by atoms with E-state index in [1.54, 1.807) is 12.1 Å². The molecule has 0 spiro atoms. The molecule has 0 aliphatic rings. The smallest absolute Gasteiger partial charge is 0.270 e. The number of nitrogens with zero attached hydrogens (tertiary/aromatic N) is 1. The number of hydrogen-bond donors (Lipinski definition) is 1. The van der Waals surface area contributed by atoms with Crippen LogP contribution < -0.4 is 0 Å². The van der Waals surface area contributed by atoms with Crippen LogP contribution in [0.15, 0.2) is 24.3 Å². The monoisotopic (exact) mass is 191 g/mol. The Labute approximate surface area is 81.3 Å². The molecule has 1 rings (SSSR count).